The Morgan fingerprint density at radius 2 is 1.92 bits per heavy atom. The SMILES string of the molecule is O=C(Nc1cccc(C#Cc2ccccn2)c1)c1ccc(Br)cc1F. The van der Waals surface area contributed by atoms with E-state index in [4.69, 9.17) is 0 Å². The normalized spacial score (nSPS) is 9.84. The zero-order valence-electron chi connectivity index (χ0n) is 13.0. The summed E-state index contributed by atoms with van der Waals surface area (Å²) in [6.45, 7) is 0. The Morgan fingerprint density at radius 3 is 2.68 bits per heavy atom. The molecule has 1 amide bonds. The van der Waals surface area contributed by atoms with Crippen LogP contribution >= 0.6 is 15.9 Å². The topological polar surface area (TPSA) is 42.0 Å². The van der Waals surface area contributed by atoms with Crippen LogP contribution in [-0.2, 0) is 0 Å². The quantitative estimate of drug-likeness (QED) is 0.643. The van der Waals surface area contributed by atoms with Crippen LogP contribution in [0, 0.1) is 17.7 Å². The van der Waals surface area contributed by atoms with Gasteiger partial charge in [0, 0.05) is 21.9 Å². The lowest BCUT2D eigenvalue weighted by atomic mass is 10.1. The van der Waals surface area contributed by atoms with Crippen LogP contribution in [0.4, 0.5) is 10.1 Å². The van der Waals surface area contributed by atoms with E-state index < -0.39 is 11.7 Å². The fourth-order valence-corrected chi connectivity index (χ4v) is 2.45. The first kappa shape index (κ1) is 16.9. The number of pyridine rings is 1. The number of aromatic nitrogens is 1. The lowest BCUT2D eigenvalue weighted by molar-refractivity contribution is 0.102. The monoisotopic (exact) mass is 394 g/mol. The van der Waals surface area contributed by atoms with Crippen molar-refractivity contribution < 1.29 is 9.18 Å². The molecule has 3 rings (SSSR count). The minimum Gasteiger partial charge on any atom is -0.322 e. The number of amides is 1. The van der Waals surface area contributed by atoms with Gasteiger partial charge in [-0.15, -0.1) is 0 Å². The van der Waals surface area contributed by atoms with Crippen molar-refractivity contribution >= 4 is 27.5 Å². The highest BCUT2D eigenvalue weighted by Crippen LogP contribution is 2.17. The van der Waals surface area contributed by atoms with E-state index in [1.54, 1.807) is 30.5 Å². The highest BCUT2D eigenvalue weighted by Gasteiger charge is 2.12. The molecule has 25 heavy (non-hydrogen) atoms. The zero-order valence-corrected chi connectivity index (χ0v) is 14.5. The third-order valence-corrected chi connectivity index (χ3v) is 3.79. The average molecular weight is 395 g/mol. The minimum atomic E-state index is -0.585. The molecule has 1 heterocycles. The maximum Gasteiger partial charge on any atom is 0.258 e. The molecule has 0 spiro atoms. The highest BCUT2D eigenvalue weighted by molar-refractivity contribution is 9.10. The number of benzene rings is 2. The predicted octanol–water partition coefficient (Wildman–Crippen LogP) is 4.64. The van der Waals surface area contributed by atoms with Gasteiger partial charge >= 0.3 is 0 Å². The molecule has 0 bridgehead atoms. The van der Waals surface area contributed by atoms with Gasteiger partial charge in [-0.3, -0.25) is 4.79 Å². The lowest BCUT2D eigenvalue weighted by Crippen LogP contribution is -2.13. The summed E-state index contributed by atoms with van der Waals surface area (Å²) in [6.07, 6.45) is 1.67. The van der Waals surface area contributed by atoms with Gasteiger partial charge in [0.1, 0.15) is 11.5 Å². The lowest BCUT2D eigenvalue weighted by Gasteiger charge is -2.07. The number of carbonyl (C=O) groups excluding carboxylic acids is 1. The fraction of sp³-hybridized carbons (Fsp3) is 0. The number of halogens is 2. The Morgan fingerprint density at radius 1 is 1.04 bits per heavy atom. The van der Waals surface area contributed by atoms with Gasteiger partial charge in [-0.05, 0) is 54.5 Å². The van der Waals surface area contributed by atoms with Gasteiger partial charge in [0.2, 0.25) is 0 Å². The van der Waals surface area contributed by atoms with Crippen molar-refractivity contribution in [1.82, 2.24) is 4.98 Å². The molecule has 0 atom stereocenters. The minimum absolute atomic E-state index is 0.0202. The Labute approximate surface area is 153 Å². The second kappa shape index (κ2) is 7.73. The summed E-state index contributed by atoms with van der Waals surface area (Å²) in [4.78, 5) is 16.4. The van der Waals surface area contributed by atoms with Crippen LogP contribution in [0.1, 0.15) is 21.6 Å². The van der Waals surface area contributed by atoms with E-state index >= 15 is 0 Å². The van der Waals surface area contributed by atoms with Gasteiger partial charge in [-0.1, -0.05) is 34.0 Å². The van der Waals surface area contributed by atoms with Crippen molar-refractivity contribution in [2.75, 3.05) is 5.32 Å². The molecule has 0 unspecified atom stereocenters. The number of hydrogen-bond acceptors (Lipinski definition) is 2. The van der Waals surface area contributed by atoms with E-state index in [1.807, 2.05) is 24.3 Å². The molecule has 122 valence electrons. The molecule has 1 N–H and O–H groups in total. The second-order valence-corrected chi connectivity index (χ2v) is 6.04. The smallest absolute Gasteiger partial charge is 0.258 e. The van der Waals surface area contributed by atoms with Crippen molar-refractivity contribution in [3.63, 3.8) is 0 Å². The molecule has 2 aromatic carbocycles. The molecule has 3 nitrogen and oxygen atoms in total. The maximum atomic E-state index is 13.9. The molecule has 0 radical (unpaired) electrons. The Bertz CT molecular complexity index is 978. The summed E-state index contributed by atoms with van der Waals surface area (Å²) in [6, 6.07) is 16.8. The van der Waals surface area contributed by atoms with Crippen molar-refractivity contribution in [3.8, 4) is 11.8 Å². The van der Waals surface area contributed by atoms with E-state index in [0.717, 1.165) is 5.56 Å². The Kier molecular flexibility index (Phi) is 5.22. The summed E-state index contributed by atoms with van der Waals surface area (Å²) in [5.74, 6) is 4.84. The van der Waals surface area contributed by atoms with Crippen LogP contribution in [-0.4, -0.2) is 10.9 Å². The van der Waals surface area contributed by atoms with Gasteiger partial charge in [0.05, 0.1) is 5.56 Å². The van der Waals surface area contributed by atoms with Crippen molar-refractivity contribution in [2.24, 2.45) is 0 Å². The van der Waals surface area contributed by atoms with Gasteiger partial charge in [0.15, 0.2) is 0 Å². The van der Waals surface area contributed by atoms with Crippen LogP contribution in [0.15, 0.2) is 71.3 Å². The Balaban J connectivity index is 1.78. The van der Waals surface area contributed by atoms with Crippen molar-refractivity contribution in [3.05, 3.63) is 94.0 Å². The summed E-state index contributed by atoms with van der Waals surface area (Å²) in [5.41, 5.74) is 1.90. The van der Waals surface area contributed by atoms with Gasteiger partial charge in [0.25, 0.3) is 5.91 Å². The van der Waals surface area contributed by atoms with Crippen LogP contribution in [0.5, 0.6) is 0 Å². The molecule has 0 aliphatic heterocycles. The Hall–Kier alpha value is -2.97. The first-order chi connectivity index (χ1) is 12.1. The number of nitrogens with zero attached hydrogens (tertiary/aromatic N) is 1. The van der Waals surface area contributed by atoms with Crippen LogP contribution in [0.3, 0.4) is 0 Å². The summed E-state index contributed by atoms with van der Waals surface area (Å²) in [7, 11) is 0. The number of carbonyl (C=O) groups is 1. The molecule has 0 saturated carbocycles. The van der Waals surface area contributed by atoms with Gasteiger partial charge < -0.3 is 5.32 Å². The van der Waals surface area contributed by atoms with Crippen LogP contribution in [0.25, 0.3) is 0 Å². The average Bonchev–Trinajstić information content (AvgIpc) is 2.61. The molecule has 5 heteroatoms. The number of anilines is 1. The second-order valence-electron chi connectivity index (χ2n) is 5.12. The first-order valence-electron chi connectivity index (χ1n) is 7.41. The van der Waals surface area contributed by atoms with Crippen LogP contribution < -0.4 is 5.32 Å². The molecule has 0 fully saturated rings. The molecular formula is C20H12BrFN2O. The standard InChI is InChI=1S/C20H12BrFN2O/c21-15-8-10-18(19(22)13-15)20(25)24-17-6-3-4-14(12-17)7-9-16-5-1-2-11-23-16/h1-6,8,10-13H,(H,24,25). The fourth-order valence-electron chi connectivity index (χ4n) is 2.12. The zero-order chi connectivity index (χ0) is 17.6. The molecule has 0 aliphatic carbocycles. The molecule has 3 aromatic rings. The molecule has 0 aliphatic rings. The van der Waals surface area contributed by atoms with E-state index in [9.17, 15) is 9.18 Å². The third kappa shape index (κ3) is 4.52. The van der Waals surface area contributed by atoms with Gasteiger partial charge in [-0.25, -0.2) is 9.37 Å². The number of rotatable bonds is 2. The summed E-state index contributed by atoms with van der Waals surface area (Å²) >= 11 is 3.17. The summed E-state index contributed by atoms with van der Waals surface area (Å²) in [5, 5.41) is 2.68. The van der Waals surface area contributed by atoms with E-state index in [2.05, 4.69) is 38.1 Å². The first-order valence-corrected chi connectivity index (χ1v) is 8.20. The molecule has 1 aromatic heterocycles. The highest BCUT2D eigenvalue weighted by atomic mass is 79.9. The largest absolute Gasteiger partial charge is 0.322 e. The van der Waals surface area contributed by atoms with Crippen molar-refractivity contribution in [2.45, 2.75) is 0 Å². The molecular weight excluding hydrogens is 383 g/mol. The summed E-state index contributed by atoms with van der Waals surface area (Å²) < 4.78 is 14.4. The maximum absolute atomic E-state index is 13.9. The van der Waals surface area contributed by atoms with E-state index in [-0.39, 0.29) is 5.56 Å². The van der Waals surface area contributed by atoms with E-state index in [1.165, 1.54) is 12.1 Å². The molecule has 0 saturated heterocycles. The third-order valence-electron chi connectivity index (χ3n) is 3.30. The number of hydrogen-bond donors (Lipinski definition) is 1. The van der Waals surface area contributed by atoms with Crippen LogP contribution in [0.2, 0.25) is 0 Å². The van der Waals surface area contributed by atoms with E-state index in [0.29, 0.717) is 15.9 Å². The predicted molar refractivity (Wildman–Crippen MR) is 98.7 cm³/mol. The van der Waals surface area contributed by atoms with Gasteiger partial charge in [-0.2, -0.15) is 0 Å². The number of nitrogens with one attached hydrogen (secondary N) is 1. The van der Waals surface area contributed by atoms with Crippen molar-refractivity contribution in [1.29, 1.82) is 0 Å².